The zero-order valence-electron chi connectivity index (χ0n) is 20.0. The van der Waals surface area contributed by atoms with Crippen molar-refractivity contribution >= 4 is 17.3 Å². The van der Waals surface area contributed by atoms with Crippen LogP contribution in [0.5, 0.6) is 11.5 Å². The fraction of sp³-hybridized carbons (Fsp3) is 0.214. The lowest BCUT2D eigenvalue weighted by atomic mass is 9.96. The first kappa shape index (κ1) is 22.9. The molecule has 35 heavy (non-hydrogen) atoms. The number of thiocarbonyl (C=S) groups is 1. The van der Waals surface area contributed by atoms with Gasteiger partial charge in [0.05, 0.1) is 30.6 Å². The molecule has 0 unspecified atom stereocenters. The summed E-state index contributed by atoms with van der Waals surface area (Å²) < 4.78 is 7.43. The molecule has 1 saturated heterocycles. The molecule has 0 saturated carbocycles. The van der Waals surface area contributed by atoms with Crippen LogP contribution in [0.2, 0.25) is 0 Å². The van der Waals surface area contributed by atoms with Crippen LogP contribution in [0.4, 0.5) is 0 Å². The van der Waals surface area contributed by atoms with Gasteiger partial charge in [-0.25, -0.2) is 0 Å². The van der Waals surface area contributed by atoms with Gasteiger partial charge in [-0.3, -0.25) is 4.98 Å². The van der Waals surface area contributed by atoms with Gasteiger partial charge in [0.15, 0.2) is 5.11 Å². The Bertz CT molecular complexity index is 1350. The first-order chi connectivity index (χ1) is 17.0. The van der Waals surface area contributed by atoms with Crippen LogP contribution in [0.25, 0.3) is 5.69 Å². The minimum Gasteiger partial charge on any atom is -0.506 e. The van der Waals surface area contributed by atoms with E-state index in [2.05, 4.69) is 51.8 Å². The number of aromatic nitrogens is 2. The molecule has 5 rings (SSSR count). The number of benzene rings is 2. The van der Waals surface area contributed by atoms with Gasteiger partial charge >= 0.3 is 0 Å². The van der Waals surface area contributed by atoms with E-state index in [4.69, 9.17) is 17.0 Å². The predicted octanol–water partition coefficient (Wildman–Crippen LogP) is 5.38. The molecule has 0 aliphatic carbocycles. The summed E-state index contributed by atoms with van der Waals surface area (Å²) in [6, 6.07) is 23.5. The smallest absolute Gasteiger partial charge is 0.170 e. The first-order valence-electron chi connectivity index (χ1n) is 11.6. The molecule has 1 aliphatic heterocycles. The molecular formula is C28H28N4O2S. The Morgan fingerprint density at radius 3 is 2.46 bits per heavy atom. The fourth-order valence-corrected chi connectivity index (χ4v) is 5.26. The Morgan fingerprint density at radius 2 is 1.77 bits per heavy atom. The van der Waals surface area contributed by atoms with Crippen LogP contribution in [0.1, 0.15) is 40.3 Å². The number of rotatable bonds is 6. The number of hydrogen-bond donors (Lipinski definition) is 2. The molecule has 6 nitrogen and oxygen atoms in total. The van der Waals surface area contributed by atoms with Gasteiger partial charge in [-0.05, 0) is 79.7 Å². The third-order valence-corrected chi connectivity index (χ3v) is 6.97. The van der Waals surface area contributed by atoms with Gasteiger partial charge in [-0.1, -0.05) is 30.3 Å². The van der Waals surface area contributed by atoms with Crippen molar-refractivity contribution in [2.45, 2.75) is 32.5 Å². The van der Waals surface area contributed by atoms with Crippen LogP contribution in [0.3, 0.4) is 0 Å². The third kappa shape index (κ3) is 4.23. The topological polar surface area (TPSA) is 62.5 Å². The molecule has 1 fully saturated rings. The summed E-state index contributed by atoms with van der Waals surface area (Å²) in [5.41, 5.74) is 6.07. The summed E-state index contributed by atoms with van der Waals surface area (Å²) in [6.07, 6.45) is 1.81. The van der Waals surface area contributed by atoms with Gasteiger partial charge in [0.25, 0.3) is 0 Å². The maximum Gasteiger partial charge on any atom is 0.170 e. The number of aryl methyl sites for hydroxylation is 1. The third-order valence-electron chi connectivity index (χ3n) is 6.62. The van der Waals surface area contributed by atoms with Crippen molar-refractivity contribution in [3.05, 3.63) is 107 Å². The van der Waals surface area contributed by atoms with E-state index < -0.39 is 0 Å². The van der Waals surface area contributed by atoms with E-state index in [-0.39, 0.29) is 17.8 Å². The second-order valence-corrected chi connectivity index (χ2v) is 9.14. The largest absolute Gasteiger partial charge is 0.506 e. The standard InChI is InChI=1S/C28H28N4O2S/c1-18-16-22(19(2)32(18)24-9-4-5-10-25(24)33)27-26(23-8-6-7-15-29-23)30-28(35)31(27)17-20-11-13-21(34-3)14-12-20/h4-16,26-27,33H,17H2,1-3H3,(H,30,35)/t26-,27+/m1/s1. The Kier molecular flexibility index (Phi) is 6.17. The Labute approximate surface area is 210 Å². The van der Waals surface area contributed by atoms with Crippen molar-refractivity contribution in [3.8, 4) is 17.2 Å². The lowest BCUT2D eigenvalue weighted by Crippen LogP contribution is -2.29. The van der Waals surface area contributed by atoms with Crippen LogP contribution in [-0.4, -0.2) is 31.8 Å². The van der Waals surface area contributed by atoms with Gasteiger partial charge in [0, 0.05) is 24.1 Å². The van der Waals surface area contributed by atoms with Crippen LogP contribution in [0, 0.1) is 13.8 Å². The average Bonchev–Trinajstić information content (AvgIpc) is 3.35. The molecule has 2 N–H and O–H groups in total. The summed E-state index contributed by atoms with van der Waals surface area (Å²) in [4.78, 5) is 6.88. The monoisotopic (exact) mass is 484 g/mol. The maximum absolute atomic E-state index is 10.6. The molecule has 4 aromatic rings. The zero-order valence-corrected chi connectivity index (χ0v) is 20.8. The minimum atomic E-state index is -0.111. The predicted molar refractivity (Wildman–Crippen MR) is 141 cm³/mol. The number of ether oxygens (including phenoxy) is 1. The van der Waals surface area contributed by atoms with Gasteiger partial charge in [-0.15, -0.1) is 0 Å². The number of nitrogens with one attached hydrogen (secondary N) is 1. The number of phenols is 1. The summed E-state index contributed by atoms with van der Waals surface area (Å²) in [7, 11) is 1.67. The number of methoxy groups -OCH3 is 1. The zero-order chi connectivity index (χ0) is 24.5. The van der Waals surface area contributed by atoms with Crippen molar-refractivity contribution in [3.63, 3.8) is 0 Å². The number of aromatic hydroxyl groups is 1. The number of pyridine rings is 1. The molecule has 2 aromatic carbocycles. The quantitative estimate of drug-likeness (QED) is 0.359. The van der Waals surface area contributed by atoms with E-state index in [0.717, 1.165) is 39.6 Å². The van der Waals surface area contributed by atoms with Crippen molar-refractivity contribution in [2.24, 2.45) is 0 Å². The second kappa shape index (κ2) is 9.43. The van der Waals surface area contributed by atoms with Crippen molar-refractivity contribution in [1.82, 2.24) is 19.8 Å². The van der Waals surface area contributed by atoms with E-state index >= 15 is 0 Å². The summed E-state index contributed by atoms with van der Waals surface area (Å²) >= 11 is 5.86. The van der Waals surface area contributed by atoms with Gasteiger partial charge in [0.2, 0.25) is 0 Å². The molecule has 1 aliphatic rings. The van der Waals surface area contributed by atoms with E-state index in [1.54, 1.807) is 13.2 Å². The van der Waals surface area contributed by atoms with Gasteiger partial charge < -0.3 is 24.6 Å². The van der Waals surface area contributed by atoms with Crippen molar-refractivity contribution < 1.29 is 9.84 Å². The van der Waals surface area contributed by atoms with Crippen LogP contribution in [-0.2, 0) is 6.54 Å². The normalized spacial score (nSPS) is 17.5. The van der Waals surface area contributed by atoms with Crippen LogP contribution >= 0.6 is 12.2 Å². The molecule has 3 heterocycles. The average molecular weight is 485 g/mol. The molecule has 178 valence electrons. The summed E-state index contributed by atoms with van der Waals surface area (Å²) in [5.74, 6) is 1.07. The fourth-order valence-electron chi connectivity index (χ4n) is 4.95. The van der Waals surface area contributed by atoms with Crippen LogP contribution < -0.4 is 10.1 Å². The molecular weight excluding hydrogens is 456 g/mol. The molecule has 0 amide bonds. The molecule has 0 bridgehead atoms. The highest BCUT2D eigenvalue weighted by atomic mass is 32.1. The van der Waals surface area contributed by atoms with E-state index in [9.17, 15) is 5.11 Å². The van der Waals surface area contributed by atoms with Crippen molar-refractivity contribution in [1.29, 1.82) is 0 Å². The second-order valence-electron chi connectivity index (χ2n) is 8.75. The van der Waals surface area contributed by atoms with E-state index in [1.807, 2.05) is 54.7 Å². The van der Waals surface area contributed by atoms with Crippen molar-refractivity contribution in [2.75, 3.05) is 7.11 Å². The lowest BCUT2D eigenvalue weighted by molar-refractivity contribution is 0.310. The summed E-state index contributed by atoms with van der Waals surface area (Å²) in [6.45, 7) is 4.80. The highest BCUT2D eigenvalue weighted by molar-refractivity contribution is 7.80. The maximum atomic E-state index is 10.6. The number of para-hydroxylation sites is 2. The van der Waals surface area contributed by atoms with E-state index in [1.165, 1.54) is 0 Å². The molecule has 0 spiro atoms. The molecule has 0 radical (unpaired) electrons. The first-order valence-corrected chi connectivity index (χ1v) is 12.0. The Morgan fingerprint density at radius 1 is 1.03 bits per heavy atom. The minimum absolute atomic E-state index is 0.0784. The molecule has 2 aromatic heterocycles. The van der Waals surface area contributed by atoms with Crippen LogP contribution in [0.15, 0.2) is 79.0 Å². The van der Waals surface area contributed by atoms with Gasteiger partial charge in [-0.2, -0.15) is 0 Å². The van der Waals surface area contributed by atoms with E-state index in [0.29, 0.717) is 11.7 Å². The highest BCUT2D eigenvalue weighted by Gasteiger charge is 2.41. The Balaban J connectivity index is 1.60. The highest BCUT2D eigenvalue weighted by Crippen LogP contribution is 2.42. The Hall–Kier alpha value is -3.84. The summed E-state index contributed by atoms with van der Waals surface area (Å²) in [5, 5.41) is 14.8. The number of phenolic OH excluding ortho intramolecular Hbond substituents is 1. The SMILES string of the molecule is COc1ccc(CN2C(=S)N[C@H](c3ccccn3)[C@@H]2c2cc(C)n(-c3ccccc3O)c2C)cc1. The molecule has 7 heteroatoms. The number of hydrogen-bond acceptors (Lipinski definition) is 4. The molecule has 2 atom stereocenters. The number of nitrogens with zero attached hydrogens (tertiary/aromatic N) is 3. The van der Waals surface area contributed by atoms with Gasteiger partial charge in [0.1, 0.15) is 11.5 Å². The lowest BCUT2D eigenvalue weighted by Gasteiger charge is -2.28.